The summed E-state index contributed by atoms with van der Waals surface area (Å²) in [5.41, 5.74) is -0.0401. The van der Waals surface area contributed by atoms with Crippen molar-refractivity contribution in [3.05, 3.63) is 42.5 Å². The molecule has 90 valence electrons. The highest BCUT2D eigenvalue weighted by molar-refractivity contribution is 5.94. The molecular weight excluding hydrogens is 227 g/mol. The number of aromatic nitrogens is 1. The summed E-state index contributed by atoms with van der Waals surface area (Å²) in [6.45, 7) is 3.39. The molecule has 0 saturated heterocycles. The maximum absolute atomic E-state index is 12.6. The van der Waals surface area contributed by atoms with Crippen LogP contribution in [-0.4, -0.2) is 28.0 Å². The number of pyridine rings is 1. The molecule has 0 aromatic carbocycles. The lowest BCUT2D eigenvalue weighted by molar-refractivity contribution is -0.139. The van der Waals surface area contributed by atoms with E-state index in [0.29, 0.717) is 0 Å². The standard InChI is InChI=1S/C11H11FN2O3/c1-2-3-9(11(16)17)14-10(15)8-5-4-7(12)6-13-8/h2,4-6,9H,1,3H2,(H,14,15)(H,16,17). The fourth-order valence-electron chi connectivity index (χ4n) is 1.13. The maximum Gasteiger partial charge on any atom is 0.326 e. The van der Waals surface area contributed by atoms with Crippen LogP contribution in [0.2, 0.25) is 0 Å². The van der Waals surface area contributed by atoms with Gasteiger partial charge in [-0.15, -0.1) is 6.58 Å². The molecule has 1 aromatic heterocycles. The molecule has 0 aliphatic carbocycles. The van der Waals surface area contributed by atoms with Gasteiger partial charge in [0.2, 0.25) is 0 Å². The first kappa shape index (κ1) is 12.8. The third-order valence-corrected chi connectivity index (χ3v) is 1.97. The Kier molecular flexibility index (Phi) is 4.33. The van der Waals surface area contributed by atoms with Crippen LogP contribution in [0.15, 0.2) is 31.0 Å². The average molecular weight is 238 g/mol. The quantitative estimate of drug-likeness (QED) is 0.749. The number of carbonyl (C=O) groups is 2. The Labute approximate surface area is 97.0 Å². The van der Waals surface area contributed by atoms with E-state index in [-0.39, 0.29) is 12.1 Å². The van der Waals surface area contributed by atoms with Gasteiger partial charge in [-0.05, 0) is 18.6 Å². The van der Waals surface area contributed by atoms with E-state index in [0.717, 1.165) is 12.3 Å². The van der Waals surface area contributed by atoms with Gasteiger partial charge in [-0.1, -0.05) is 6.08 Å². The predicted octanol–water partition coefficient (Wildman–Crippen LogP) is 0.980. The lowest BCUT2D eigenvalue weighted by Crippen LogP contribution is -2.40. The summed E-state index contributed by atoms with van der Waals surface area (Å²) in [5, 5.41) is 11.1. The van der Waals surface area contributed by atoms with Crippen LogP contribution >= 0.6 is 0 Å². The normalized spacial score (nSPS) is 11.6. The number of carbonyl (C=O) groups excluding carboxylic acids is 1. The zero-order valence-electron chi connectivity index (χ0n) is 8.89. The van der Waals surface area contributed by atoms with Crippen LogP contribution in [0.4, 0.5) is 4.39 Å². The molecule has 0 aliphatic rings. The molecule has 17 heavy (non-hydrogen) atoms. The van der Waals surface area contributed by atoms with Gasteiger partial charge in [0.1, 0.15) is 17.6 Å². The molecule has 1 atom stereocenters. The zero-order chi connectivity index (χ0) is 12.8. The fourth-order valence-corrected chi connectivity index (χ4v) is 1.13. The SMILES string of the molecule is C=CCC(NC(=O)c1ccc(F)cn1)C(=O)O. The molecular formula is C11H11FN2O3. The van der Waals surface area contributed by atoms with E-state index in [2.05, 4.69) is 16.9 Å². The molecule has 6 heteroatoms. The number of amides is 1. The second-order valence-electron chi connectivity index (χ2n) is 3.25. The van der Waals surface area contributed by atoms with E-state index in [9.17, 15) is 14.0 Å². The fraction of sp³-hybridized carbons (Fsp3) is 0.182. The van der Waals surface area contributed by atoms with Crippen LogP contribution in [0.25, 0.3) is 0 Å². The van der Waals surface area contributed by atoms with Crippen LogP contribution in [0.3, 0.4) is 0 Å². The van der Waals surface area contributed by atoms with Gasteiger partial charge >= 0.3 is 5.97 Å². The highest BCUT2D eigenvalue weighted by atomic mass is 19.1. The molecule has 5 nitrogen and oxygen atoms in total. The van der Waals surface area contributed by atoms with Crippen molar-refractivity contribution in [2.24, 2.45) is 0 Å². The third-order valence-electron chi connectivity index (χ3n) is 1.97. The predicted molar refractivity (Wildman–Crippen MR) is 57.9 cm³/mol. The van der Waals surface area contributed by atoms with Gasteiger partial charge in [0.15, 0.2) is 0 Å². The van der Waals surface area contributed by atoms with Crippen molar-refractivity contribution in [1.82, 2.24) is 10.3 Å². The Morgan fingerprint density at radius 1 is 1.59 bits per heavy atom. The summed E-state index contributed by atoms with van der Waals surface area (Å²) >= 11 is 0. The number of rotatable bonds is 5. The first-order valence-corrected chi connectivity index (χ1v) is 4.80. The Morgan fingerprint density at radius 2 is 2.29 bits per heavy atom. The molecule has 0 fully saturated rings. The number of hydrogen-bond donors (Lipinski definition) is 2. The monoisotopic (exact) mass is 238 g/mol. The van der Waals surface area contributed by atoms with Crippen molar-refractivity contribution >= 4 is 11.9 Å². The third kappa shape index (κ3) is 3.67. The van der Waals surface area contributed by atoms with Gasteiger partial charge in [-0.2, -0.15) is 0 Å². The zero-order valence-corrected chi connectivity index (χ0v) is 8.89. The highest BCUT2D eigenvalue weighted by Crippen LogP contribution is 2.00. The summed E-state index contributed by atoms with van der Waals surface area (Å²) < 4.78 is 12.6. The van der Waals surface area contributed by atoms with Crippen molar-refractivity contribution in [2.45, 2.75) is 12.5 Å². The summed E-state index contributed by atoms with van der Waals surface area (Å²) in [4.78, 5) is 25.9. The van der Waals surface area contributed by atoms with Gasteiger partial charge < -0.3 is 10.4 Å². The first-order valence-electron chi connectivity index (χ1n) is 4.80. The first-order chi connectivity index (χ1) is 8.04. The van der Waals surface area contributed by atoms with Crippen LogP contribution in [0, 0.1) is 5.82 Å². The van der Waals surface area contributed by atoms with Gasteiger partial charge in [-0.25, -0.2) is 14.2 Å². The van der Waals surface area contributed by atoms with Crippen molar-refractivity contribution in [3.63, 3.8) is 0 Å². The van der Waals surface area contributed by atoms with Crippen LogP contribution in [0.5, 0.6) is 0 Å². The van der Waals surface area contributed by atoms with Gasteiger partial charge in [-0.3, -0.25) is 4.79 Å². The highest BCUT2D eigenvalue weighted by Gasteiger charge is 2.19. The molecule has 2 N–H and O–H groups in total. The van der Waals surface area contributed by atoms with E-state index >= 15 is 0 Å². The van der Waals surface area contributed by atoms with E-state index in [4.69, 9.17) is 5.11 Å². The van der Waals surface area contributed by atoms with Gasteiger partial charge in [0.05, 0.1) is 6.20 Å². The average Bonchev–Trinajstić information content (AvgIpc) is 2.29. The number of hydrogen-bond acceptors (Lipinski definition) is 3. The van der Waals surface area contributed by atoms with Gasteiger partial charge in [0, 0.05) is 0 Å². The van der Waals surface area contributed by atoms with E-state index in [1.165, 1.54) is 12.1 Å². The number of carboxylic acid groups (broad SMARTS) is 1. The minimum absolute atomic E-state index is 0.0401. The second-order valence-corrected chi connectivity index (χ2v) is 3.25. The summed E-state index contributed by atoms with van der Waals surface area (Å²) in [7, 11) is 0. The molecule has 0 radical (unpaired) electrons. The molecule has 0 saturated carbocycles. The largest absolute Gasteiger partial charge is 0.480 e. The summed E-state index contributed by atoms with van der Waals surface area (Å²) in [6.07, 6.45) is 2.37. The number of halogens is 1. The van der Waals surface area contributed by atoms with Crippen molar-refractivity contribution in [3.8, 4) is 0 Å². The van der Waals surface area contributed by atoms with Gasteiger partial charge in [0.25, 0.3) is 5.91 Å². The lowest BCUT2D eigenvalue weighted by atomic mass is 10.2. The minimum atomic E-state index is -1.17. The molecule has 0 spiro atoms. The minimum Gasteiger partial charge on any atom is -0.480 e. The summed E-state index contributed by atoms with van der Waals surface area (Å²) in [5.74, 6) is -2.40. The number of aliphatic carboxylic acids is 1. The molecule has 0 aliphatic heterocycles. The molecule has 0 bridgehead atoms. The van der Waals surface area contributed by atoms with E-state index in [1.54, 1.807) is 0 Å². The van der Waals surface area contributed by atoms with E-state index < -0.39 is 23.7 Å². The van der Waals surface area contributed by atoms with Crippen molar-refractivity contribution < 1.29 is 19.1 Å². The Balaban J connectivity index is 2.73. The van der Waals surface area contributed by atoms with Crippen LogP contribution < -0.4 is 5.32 Å². The number of nitrogens with zero attached hydrogens (tertiary/aromatic N) is 1. The molecule has 1 heterocycles. The topological polar surface area (TPSA) is 79.3 Å². The maximum atomic E-state index is 12.6. The number of nitrogens with one attached hydrogen (secondary N) is 1. The molecule has 1 amide bonds. The molecule has 1 aromatic rings. The Bertz CT molecular complexity index is 431. The van der Waals surface area contributed by atoms with Crippen LogP contribution in [-0.2, 0) is 4.79 Å². The van der Waals surface area contributed by atoms with Crippen LogP contribution in [0.1, 0.15) is 16.9 Å². The van der Waals surface area contributed by atoms with E-state index in [1.807, 2.05) is 0 Å². The molecule has 1 rings (SSSR count). The smallest absolute Gasteiger partial charge is 0.326 e. The Morgan fingerprint density at radius 3 is 2.76 bits per heavy atom. The molecule has 1 unspecified atom stereocenters. The van der Waals surface area contributed by atoms with Crippen molar-refractivity contribution in [1.29, 1.82) is 0 Å². The van der Waals surface area contributed by atoms with Crippen molar-refractivity contribution in [2.75, 3.05) is 0 Å². The number of carboxylic acids is 1. The lowest BCUT2D eigenvalue weighted by Gasteiger charge is -2.11. The summed E-state index contributed by atoms with van der Waals surface area (Å²) in [6, 6.07) is 1.19. The Hall–Kier alpha value is -2.24. The second kappa shape index (κ2) is 5.74.